The van der Waals surface area contributed by atoms with Crippen molar-refractivity contribution in [3.63, 3.8) is 0 Å². The van der Waals surface area contributed by atoms with Crippen LogP contribution >= 0.6 is 0 Å². The van der Waals surface area contributed by atoms with Crippen molar-refractivity contribution in [1.82, 2.24) is 4.90 Å². The summed E-state index contributed by atoms with van der Waals surface area (Å²) in [6.07, 6.45) is 0.529. The maximum absolute atomic E-state index is 11.7. The molecule has 5 nitrogen and oxygen atoms in total. The van der Waals surface area contributed by atoms with Crippen molar-refractivity contribution in [3.05, 3.63) is 59.7 Å². The predicted octanol–water partition coefficient (Wildman–Crippen LogP) is 4.18. The molecular weight excluding hydrogens is 342 g/mol. The number of nitrogens with zero attached hydrogens (tertiary/aromatic N) is 1. The lowest BCUT2D eigenvalue weighted by molar-refractivity contribution is 0.0693. The summed E-state index contributed by atoms with van der Waals surface area (Å²) in [6, 6.07) is 15.9. The molecule has 0 heterocycles. The van der Waals surface area contributed by atoms with Gasteiger partial charge in [-0.05, 0) is 48.9 Å². The van der Waals surface area contributed by atoms with E-state index in [-0.39, 0.29) is 12.7 Å². The SMILES string of the molecule is CC(C)OCCCN(Cc1ccccc1-c1ccc(CCO)cc1)C(=O)O. The second kappa shape index (κ2) is 10.7. The summed E-state index contributed by atoms with van der Waals surface area (Å²) in [4.78, 5) is 13.1. The minimum atomic E-state index is -0.923. The van der Waals surface area contributed by atoms with Crippen molar-refractivity contribution in [3.8, 4) is 11.1 Å². The number of hydrogen-bond acceptors (Lipinski definition) is 3. The number of ether oxygens (including phenoxy) is 1. The zero-order valence-electron chi connectivity index (χ0n) is 16.1. The van der Waals surface area contributed by atoms with Crippen LogP contribution in [0.25, 0.3) is 11.1 Å². The maximum atomic E-state index is 11.7. The highest BCUT2D eigenvalue weighted by Crippen LogP contribution is 2.25. The van der Waals surface area contributed by atoms with Gasteiger partial charge < -0.3 is 19.8 Å². The molecule has 27 heavy (non-hydrogen) atoms. The van der Waals surface area contributed by atoms with E-state index in [0.29, 0.717) is 32.5 Å². The van der Waals surface area contributed by atoms with Gasteiger partial charge in [0, 0.05) is 26.3 Å². The number of aliphatic hydroxyl groups excluding tert-OH is 1. The molecule has 0 bridgehead atoms. The summed E-state index contributed by atoms with van der Waals surface area (Å²) in [7, 11) is 0. The van der Waals surface area contributed by atoms with Crippen LogP contribution in [0.3, 0.4) is 0 Å². The Morgan fingerprint density at radius 1 is 1.11 bits per heavy atom. The molecule has 0 aliphatic heterocycles. The van der Waals surface area contributed by atoms with Crippen molar-refractivity contribution in [2.45, 2.75) is 39.3 Å². The lowest BCUT2D eigenvalue weighted by Crippen LogP contribution is -2.31. The number of amides is 1. The third-order valence-corrected chi connectivity index (χ3v) is 4.34. The van der Waals surface area contributed by atoms with Crippen LogP contribution in [0.15, 0.2) is 48.5 Å². The van der Waals surface area contributed by atoms with Crippen LogP contribution < -0.4 is 0 Å². The number of rotatable bonds is 10. The Morgan fingerprint density at radius 3 is 2.44 bits per heavy atom. The number of hydrogen-bond donors (Lipinski definition) is 2. The van der Waals surface area contributed by atoms with Crippen molar-refractivity contribution < 1.29 is 19.7 Å². The first-order chi connectivity index (χ1) is 13.0. The summed E-state index contributed by atoms with van der Waals surface area (Å²) in [5.74, 6) is 0. The van der Waals surface area contributed by atoms with Gasteiger partial charge in [0.05, 0.1) is 6.10 Å². The Bertz CT molecular complexity index is 713. The zero-order valence-corrected chi connectivity index (χ0v) is 16.1. The molecular formula is C22H29NO4. The van der Waals surface area contributed by atoms with Gasteiger partial charge in [-0.25, -0.2) is 4.79 Å². The number of aliphatic hydroxyl groups is 1. The van der Waals surface area contributed by atoms with Gasteiger partial charge >= 0.3 is 6.09 Å². The van der Waals surface area contributed by atoms with Gasteiger partial charge in [0.1, 0.15) is 0 Å². The van der Waals surface area contributed by atoms with E-state index in [4.69, 9.17) is 9.84 Å². The van der Waals surface area contributed by atoms with Gasteiger partial charge in [-0.1, -0.05) is 48.5 Å². The van der Waals surface area contributed by atoms with Gasteiger partial charge in [-0.15, -0.1) is 0 Å². The highest BCUT2D eigenvalue weighted by Gasteiger charge is 2.15. The average molecular weight is 371 g/mol. The largest absolute Gasteiger partial charge is 0.465 e. The molecule has 146 valence electrons. The molecule has 0 atom stereocenters. The smallest absolute Gasteiger partial charge is 0.407 e. The van der Waals surface area contributed by atoms with Crippen LogP contribution in [0.1, 0.15) is 31.4 Å². The highest BCUT2D eigenvalue weighted by atomic mass is 16.5. The molecule has 1 amide bonds. The van der Waals surface area contributed by atoms with Gasteiger partial charge in [0.15, 0.2) is 0 Å². The topological polar surface area (TPSA) is 70.0 Å². The summed E-state index contributed by atoms with van der Waals surface area (Å²) >= 11 is 0. The second-order valence-electron chi connectivity index (χ2n) is 6.80. The van der Waals surface area contributed by atoms with Crippen LogP contribution in [-0.4, -0.2) is 47.1 Å². The van der Waals surface area contributed by atoms with Gasteiger partial charge in [-0.2, -0.15) is 0 Å². The van der Waals surface area contributed by atoms with E-state index in [0.717, 1.165) is 22.3 Å². The van der Waals surface area contributed by atoms with Crippen molar-refractivity contribution in [1.29, 1.82) is 0 Å². The molecule has 2 N–H and O–H groups in total. The first-order valence-electron chi connectivity index (χ1n) is 9.38. The van der Waals surface area contributed by atoms with E-state index in [1.54, 1.807) is 0 Å². The molecule has 0 aromatic heterocycles. The lowest BCUT2D eigenvalue weighted by atomic mass is 9.98. The fourth-order valence-corrected chi connectivity index (χ4v) is 2.94. The minimum Gasteiger partial charge on any atom is -0.465 e. The molecule has 5 heteroatoms. The third-order valence-electron chi connectivity index (χ3n) is 4.34. The molecule has 0 saturated carbocycles. The van der Waals surface area contributed by atoms with E-state index < -0.39 is 6.09 Å². The summed E-state index contributed by atoms with van der Waals surface area (Å²) in [6.45, 7) is 5.39. The molecule has 0 fully saturated rings. The number of carboxylic acid groups (broad SMARTS) is 1. The Morgan fingerprint density at radius 2 is 1.81 bits per heavy atom. The number of benzene rings is 2. The van der Waals surface area contributed by atoms with Crippen LogP contribution in [0.5, 0.6) is 0 Å². The molecule has 0 unspecified atom stereocenters. The molecule has 0 aliphatic rings. The average Bonchev–Trinajstić information content (AvgIpc) is 2.65. The van der Waals surface area contributed by atoms with Crippen LogP contribution in [0.2, 0.25) is 0 Å². The summed E-state index contributed by atoms with van der Waals surface area (Å²) in [5.41, 5.74) is 4.12. The van der Waals surface area contributed by atoms with Gasteiger partial charge in [0.2, 0.25) is 0 Å². The van der Waals surface area contributed by atoms with E-state index in [1.165, 1.54) is 4.90 Å². The van der Waals surface area contributed by atoms with E-state index in [1.807, 2.05) is 62.4 Å². The van der Waals surface area contributed by atoms with Crippen LogP contribution in [-0.2, 0) is 17.7 Å². The molecule has 0 aliphatic carbocycles. The normalized spacial score (nSPS) is 11.0. The first kappa shape index (κ1) is 20.9. The Hall–Kier alpha value is -2.37. The Kier molecular flexibility index (Phi) is 8.30. The van der Waals surface area contributed by atoms with Gasteiger partial charge in [0.25, 0.3) is 0 Å². The fraction of sp³-hybridized carbons (Fsp3) is 0.409. The molecule has 2 aromatic rings. The zero-order chi connectivity index (χ0) is 19.6. The minimum absolute atomic E-state index is 0.129. The van der Waals surface area contributed by atoms with E-state index >= 15 is 0 Å². The molecule has 2 aromatic carbocycles. The molecule has 0 radical (unpaired) electrons. The highest BCUT2D eigenvalue weighted by molar-refractivity contribution is 5.69. The number of carbonyl (C=O) groups is 1. The van der Waals surface area contributed by atoms with Gasteiger partial charge in [-0.3, -0.25) is 0 Å². The second-order valence-corrected chi connectivity index (χ2v) is 6.80. The van der Waals surface area contributed by atoms with Crippen LogP contribution in [0.4, 0.5) is 4.79 Å². The molecule has 0 spiro atoms. The maximum Gasteiger partial charge on any atom is 0.407 e. The van der Waals surface area contributed by atoms with Crippen molar-refractivity contribution in [2.24, 2.45) is 0 Å². The van der Waals surface area contributed by atoms with Crippen LogP contribution in [0, 0.1) is 0 Å². The quantitative estimate of drug-likeness (QED) is 0.615. The molecule has 0 saturated heterocycles. The summed E-state index contributed by atoms with van der Waals surface area (Å²) in [5, 5.41) is 18.6. The Labute approximate surface area is 161 Å². The third kappa shape index (κ3) is 6.70. The summed E-state index contributed by atoms with van der Waals surface area (Å²) < 4.78 is 5.51. The van der Waals surface area contributed by atoms with E-state index in [9.17, 15) is 9.90 Å². The fourth-order valence-electron chi connectivity index (χ4n) is 2.94. The van der Waals surface area contributed by atoms with E-state index in [2.05, 4.69) is 0 Å². The standard InChI is InChI=1S/C22H29NO4/c1-17(2)27-15-5-13-23(22(25)26)16-20-6-3-4-7-21(20)19-10-8-18(9-11-19)12-14-24/h3-4,6-11,17,24H,5,12-16H2,1-2H3,(H,25,26). The van der Waals surface area contributed by atoms with Crippen molar-refractivity contribution in [2.75, 3.05) is 19.8 Å². The monoisotopic (exact) mass is 371 g/mol. The van der Waals surface area contributed by atoms with Crippen molar-refractivity contribution >= 4 is 6.09 Å². The lowest BCUT2D eigenvalue weighted by Gasteiger charge is -2.21. The first-order valence-corrected chi connectivity index (χ1v) is 9.38. The molecule has 2 rings (SSSR count). The Balaban J connectivity index is 2.11. The predicted molar refractivity (Wildman–Crippen MR) is 107 cm³/mol.